The lowest BCUT2D eigenvalue weighted by Crippen LogP contribution is -2.16. The van der Waals surface area contributed by atoms with Crippen LogP contribution in [-0.2, 0) is 25.8 Å². The monoisotopic (exact) mass is 362 g/mol. The van der Waals surface area contributed by atoms with Crippen molar-refractivity contribution in [1.82, 2.24) is 0 Å². The summed E-state index contributed by atoms with van der Waals surface area (Å²) in [4.78, 5) is 12.1. The minimum Gasteiger partial charge on any atom is -0.496 e. The Morgan fingerprint density at radius 3 is 2.40 bits per heavy atom. The van der Waals surface area contributed by atoms with Gasteiger partial charge >= 0.3 is 5.97 Å². The van der Waals surface area contributed by atoms with Crippen LogP contribution in [-0.4, -0.2) is 33.9 Å². The van der Waals surface area contributed by atoms with Crippen LogP contribution in [0.4, 0.5) is 0 Å². The van der Waals surface area contributed by atoms with Crippen LogP contribution in [0.25, 0.3) is 0 Å². The summed E-state index contributed by atoms with van der Waals surface area (Å²) in [6.45, 7) is 1.74. The zero-order valence-electron chi connectivity index (χ0n) is 14.4. The third kappa shape index (κ3) is 5.60. The van der Waals surface area contributed by atoms with Gasteiger partial charge in [-0.25, -0.2) is 8.42 Å². The van der Waals surface area contributed by atoms with Crippen molar-refractivity contribution in [2.45, 2.75) is 24.7 Å². The highest BCUT2D eigenvalue weighted by Crippen LogP contribution is 2.19. The number of esters is 1. The molecule has 0 N–H and O–H groups in total. The molecule has 0 saturated carbocycles. The standard InChI is InChI=1S/C19H22O5S/c1-15-7-10-17(11-8-15)25(21,22)14-13-24-19(20)12-9-16-5-3-4-6-18(16)23-2/h3-8,10-11H,9,12-14H2,1-2H3. The van der Waals surface area contributed by atoms with E-state index >= 15 is 0 Å². The smallest absolute Gasteiger partial charge is 0.306 e. The van der Waals surface area contributed by atoms with Crippen molar-refractivity contribution in [2.75, 3.05) is 19.5 Å². The molecule has 0 amide bonds. The van der Waals surface area contributed by atoms with Crippen LogP contribution >= 0.6 is 0 Å². The van der Waals surface area contributed by atoms with E-state index in [0.717, 1.165) is 16.9 Å². The lowest BCUT2D eigenvalue weighted by atomic mass is 10.1. The molecule has 0 aromatic heterocycles. The fraction of sp³-hybridized carbons (Fsp3) is 0.316. The summed E-state index contributed by atoms with van der Waals surface area (Å²) < 4.78 is 34.6. The van der Waals surface area contributed by atoms with Gasteiger partial charge < -0.3 is 9.47 Å². The van der Waals surface area contributed by atoms with Crippen LogP contribution in [0.15, 0.2) is 53.4 Å². The second kappa shape index (κ2) is 8.67. The molecule has 0 bridgehead atoms. The Hall–Kier alpha value is -2.34. The minimum atomic E-state index is -3.45. The number of benzene rings is 2. The highest BCUT2D eigenvalue weighted by Gasteiger charge is 2.15. The Kier molecular flexibility index (Phi) is 6.58. The number of sulfone groups is 1. The normalized spacial score (nSPS) is 11.1. The van der Waals surface area contributed by atoms with Crippen LogP contribution in [0.1, 0.15) is 17.5 Å². The molecule has 0 saturated heterocycles. The zero-order valence-corrected chi connectivity index (χ0v) is 15.2. The fourth-order valence-electron chi connectivity index (χ4n) is 2.35. The number of methoxy groups -OCH3 is 1. The number of carbonyl (C=O) groups excluding carboxylic acids is 1. The summed E-state index contributed by atoms with van der Waals surface area (Å²) in [5.74, 6) is 0.0680. The summed E-state index contributed by atoms with van der Waals surface area (Å²) in [5, 5.41) is 0. The van der Waals surface area contributed by atoms with Crippen molar-refractivity contribution in [1.29, 1.82) is 0 Å². The lowest BCUT2D eigenvalue weighted by Gasteiger charge is -2.09. The number of hydrogen-bond donors (Lipinski definition) is 0. The number of para-hydroxylation sites is 1. The second-order valence-electron chi connectivity index (χ2n) is 5.66. The molecule has 2 aromatic rings. The van der Waals surface area contributed by atoms with E-state index in [1.807, 2.05) is 31.2 Å². The molecule has 0 fully saturated rings. The van der Waals surface area contributed by atoms with Gasteiger partial charge in [-0.15, -0.1) is 0 Å². The van der Waals surface area contributed by atoms with Crippen LogP contribution in [0.5, 0.6) is 5.75 Å². The zero-order chi connectivity index (χ0) is 18.3. The Morgan fingerprint density at radius 1 is 1.04 bits per heavy atom. The first-order valence-electron chi connectivity index (χ1n) is 7.99. The Balaban J connectivity index is 1.81. The number of carbonyl (C=O) groups is 1. The molecule has 2 aromatic carbocycles. The molecular formula is C19H22O5S. The van der Waals surface area contributed by atoms with Crippen LogP contribution in [0.3, 0.4) is 0 Å². The maximum atomic E-state index is 12.2. The van der Waals surface area contributed by atoms with Gasteiger partial charge in [0.1, 0.15) is 12.4 Å². The van der Waals surface area contributed by atoms with Crippen molar-refractivity contribution in [3.63, 3.8) is 0 Å². The number of ether oxygens (including phenoxy) is 2. The van der Waals surface area contributed by atoms with Gasteiger partial charge in [-0.05, 0) is 37.1 Å². The molecule has 6 heteroatoms. The molecule has 134 valence electrons. The van der Waals surface area contributed by atoms with Crippen LogP contribution in [0.2, 0.25) is 0 Å². The van der Waals surface area contributed by atoms with Crippen LogP contribution < -0.4 is 4.74 Å². The molecule has 2 rings (SSSR count). The molecule has 0 spiro atoms. The molecule has 25 heavy (non-hydrogen) atoms. The molecule has 0 heterocycles. The van der Waals surface area contributed by atoms with Gasteiger partial charge in [0.15, 0.2) is 9.84 Å². The number of rotatable bonds is 8. The average molecular weight is 362 g/mol. The lowest BCUT2D eigenvalue weighted by molar-refractivity contribution is -0.142. The van der Waals surface area contributed by atoms with Gasteiger partial charge in [0.05, 0.1) is 17.8 Å². The Morgan fingerprint density at radius 2 is 1.72 bits per heavy atom. The van der Waals surface area contributed by atoms with E-state index in [-0.39, 0.29) is 23.7 Å². The molecule has 5 nitrogen and oxygen atoms in total. The van der Waals surface area contributed by atoms with Crippen molar-refractivity contribution < 1.29 is 22.7 Å². The summed E-state index contributed by atoms with van der Waals surface area (Å²) in [6.07, 6.45) is 0.651. The quantitative estimate of drug-likeness (QED) is 0.675. The van der Waals surface area contributed by atoms with Gasteiger partial charge in [0.2, 0.25) is 0 Å². The molecule has 0 aliphatic heterocycles. The maximum Gasteiger partial charge on any atom is 0.306 e. The van der Waals surface area contributed by atoms with Gasteiger partial charge in [-0.2, -0.15) is 0 Å². The fourth-order valence-corrected chi connectivity index (χ4v) is 3.44. The maximum absolute atomic E-state index is 12.2. The van der Waals surface area contributed by atoms with E-state index < -0.39 is 15.8 Å². The molecular weight excluding hydrogens is 340 g/mol. The average Bonchev–Trinajstić information content (AvgIpc) is 2.60. The third-order valence-corrected chi connectivity index (χ3v) is 5.48. The summed E-state index contributed by atoms with van der Waals surface area (Å²) >= 11 is 0. The van der Waals surface area contributed by atoms with Crippen molar-refractivity contribution in [3.05, 3.63) is 59.7 Å². The molecule has 0 aliphatic rings. The topological polar surface area (TPSA) is 69.7 Å². The highest BCUT2D eigenvalue weighted by molar-refractivity contribution is 7.91. The van der Waals surface area contributed by atoms with Crippen molar-refractivity contribution in [2.24, 2.45) is 0 Å². The Bertz CT molecular complexity index is 810. The van der Waals surface area contributed by atoms with E-state index in [0.29, 0.717) is 6.42 Å². The largest absolute Gasteiger partial charge is 0.496 e. The van der Waals surface area contributed by atoms with Crippen molar-refractivity contribution >= 4 is 15.8 Å². The first-order valence-corrected chi connectivity index (χ1v) is 9.64. The first kappa shape index (κ1) is 19.0. The van der Waals surface area contributed by atoms with Gasteiger partial charge in [0.25, 0.3) is 0 Å². The van der Waals surface area contributed by atoms with Crippen molar-refractivity contribution in [3.8, 4) is 5.75 Å². The summed E-state index contributed by atoms with van der Waals surface area (Å²) in [7, 11) is -1.87. The van der Waals surface area contributed by atoms with Gasteiger partial charge in [-0.3, -0.25) is 4.79 Å². The summed E-state index contributed by atoms with van der Waals surface area (Å²) in [6, 6.07) is 14.1. The molecule has 0 unspecified atom stereocenters. The van der Waals surface area contributed by atoms with E-state index in [9.17, 15) is 13.2 Å². The van der Waals surface area contributed by atoms with Gasteiger partial charge in [-0.1, -0.05) is 35.9 Å². The van der Waals surface area contributed by atoms with Gasteiger partial charge in [0, 0.05) is 6.42 Å². The first-order chi connectivity index (χ1) is 11.9. The van der Waals surface area contributed by atoms with E-state index in [1.54, 1.807) is 31.4 Å². The van der Waals surface area contributed by atoms with E-state index in [1.165, 1.54) is 0 Å². The number of hydrogen-bond acceptors (Lipinski definition) is 5. The van der Waals surface area contributed by atoms with E-state index in [4.69, 9.17) is 9.47 Å². The molecule has 0 radical (unpaired) electrons. The minimum absolute atomic E-state index is 0.152. The molecule has 0 atom stereocenters. The third-order valence-electron chi connectivity index (χ3n) is 3.79. The SMILES string of the molecule is COc1ccccc1CCC(=O)OCCS(=O)(=O)c1ccc(C)cc1. The number of aryl methyl sites for hydroxylation is 2. The highest BCUT2D eigenvalue weighted by atomic mass is 32.2. The van der Waals surface area contributed by atoms with Crippen LogP contribution in [0, 0.1) is 6.92 Å². The predicted octanol–water partition coefficient (Wildman–Crippen LogP) is 2.95. The predicted molar refractivity (Wildman–Crippen MR) is 95.5 cm³/mol. The summed E-state index contributed by atoms with van der Waals surface area (Å²) in [5.41, 5.74) is 1.90. The molecule has 0 aliphatic carbocycles. The Labute approximate surface area is 148 Å². The van der Waals surface area contributed by atoms with E-state index in [2.05, 4.69) is 0 Å². The second-order valence-corrected chi connectivity index (χ2v) is 7.77.